The number of carbonyl (C=O) groups is 2. The SMILES string of the molecule is CCOC(=O)NC(C)c1ccc(C=CC(=O)O)cc1. The van der Waals surface area contributed by atoms with Crippen LogP contribution in [0, 0.1) is 0 Å². The first-order valence-electron chi connectivity index (χ1n) is 5.97. The molecule has 1 unspecified atom stereocenters. The second-order valence-corrected chi connectivity index (χ2v) is 3.92. The van der Waals surface area contributed by atoms with Crippen LogP contribution in [0.25, 0.3) is 6.08 Å². The molecule has 1 aromatic rings. The maximum absolute atomic E-state index is 11.3. The Morgan fingerprint density at radius 1 is 1.37 bits per heavy atom. The monoisotopic (exact) mass is 263 g/mol. The number of amides is 1. The van der Waals surface area contributed by atoms with Crippen LogP contribution in [0.3, 0.4) is 0 Å². The number of ether oxygens (including phenoxy) is 1. The minimum absolute atomic E-state index is 0.170. The normalized spacial score (nSPS) is 12.1. The fraction of sp³-hybridized carbons (Fsp3) is 0.286. The lowest BCUT2D eigenvalue weighted by Crippen LogP contribution is -2.27. The Hall–Kier alpha value is -2.30. The number of hydrogen-bond donors (Lipinski definition) is 2. The summed E-state index contributed by atoms with van der Waals surface area (Å²) in [5, 5.41) is 11.2. The molecule has 1 aromatic carbocycles. The zero-order chi connectivity index (χ0) is 14.3. The third-order valence-corrected chi connectivity index (χ3v) is 2.46. The van der Waals surface area contributed by atoms with Gasteiger partial charge in [-0.05, 0) is 31.1 Å². The first-order valence-corrected chi connectivity index (χ1v) is 5.97. The summed E-state index contributed by atoms with van der Waals surface area (Å²) in [5.41, 5.74) is 1.70. The molecule has 0 fully saturated rings. The predicted molar refractivity (Wildman–Crippen MR) is 71.7 cm³/mol. The number of carbonyl (C=O) groups excluding carboxylic acids is 1. The van der Waals surface area contributed by atoms with Gasteiger partial charge in [0.05, 0.1) is 12.6 Å². The van der Waals surface area contributed by atoms with Crippen LogP contribution in [-0.2, 0) is 9.53 Å². The zero-order valence-electron chi connectivity index (χ0n) is 10.9. The molecule has 0 radical (unpaired) electrons. The van der Waals surface area contributed by atoms with E-state index in [0.29, 0.717) is 6.61 Å². The van der Waals surface area contributed by atoms with E-state index < -0.39 is 12.1 Å². The molecule has 5 nitrogen and oxygen atoms in total. The second-order valence-electron chi connectivity index (χ2n) is 3.92. The summed E-state index contributed by atoms with van der Waals surface area (Å²) >= 11 is 0. The number of rotatable bonds is 5. The number of carboxylic acid groups (broad SMARTS) is 1. The van der Waals surface area contributed by atoms with E-state index in [1.807, 2.05) is 19.1 Å². The molecule has 1 atom stereocenters. The van der Waals surface area contributed by atoms with Crippen molar-refractivity contribution in [3.8, 4) is 0 Å². The van der Waals surface area contributed by atoms with Crippen LogP contribution in [0.2, 0.25) is 0 Å². The van der Waals surface area contributed by atoms with E-state index in [2.05, 4.69) is 5.32 Å². The summed E-state index contributed by atoms with van der Waals surface area (Å²) in [4.78, 5) is 21.6. The third-order valence-electron chi connectivity index (χ3n) is 2.46. The minimum Gasteiger partial charge on any atom is -0.478 e. The van der Waals surface area contributed by atoms with Gasteiger partial charge in [0.25, 0.3) is 0 Å². The summed E-state index contributed by atoms with van der Waals surface area (Å²) in [6.07, 6.45) is 2.13. The average molecular weight is 263 g/mol. The molecule has 0 aromatic heterocycles. The Balaban J connectivity index is 2.65. The Kier molecular flexibility index (Phi) is 5.60. The lowest BCUT2D eigenvalue weighted by molar-refractivity contribution is -0.131. The van der Waals surface area contributed by atoms with E-state index in [1.165, 1.54) is 6.08 Å². The van der Waals surface area contributed by atoms with Crippen LogP contribution < -0.4 is 5.32 Å². The van der Waals surface area contributed by atoms with Gasteiger partial charge in [0, 0.05) is 6.08 Å². The Labute approximate surface area is 111 Å². The number of nitrogens with one attached hydrogen (secondary N) is 1. The maximum atomic E-state index is 11.3. The van der Waals surface area contributed by atoms with Crippen molar-refractivity contribution in [3.63, 3.8) is 0 Å². The first-order chi connectivity index (χ1) is 9.02. The Bertz CT molecular complexity index is 465. The molecule has 1 amide bonds. The number of hydrogen-bond acceptors (Lipinski definition) is 3. The molecule has 0 aliphatic heterocycles. The molecule has 2 N–H and O–H groups in total. The predicted octanol–water partition coefficient (Wildman–Crippen LogP) is 2.59. The highest BCUT2D eigenvalue weighted by molar-refractivity contribution is 5.85. The molecule has 102 valence electrons. The van der Waals surface area contributed by atoms with Crippen molar-refractivity contribution in [3.05, 3.63) is 41.5 Å². The van der Waals surface area contributed by atoms with Gasteiger partial charge in [0.2, 0.25) is 0 Å². The number of alkyl carbamates (subject to hydrolysis) is 1. The van der Waals surface area contributed by atoms with Gasteiger partial charge in [0.1, 0.15) is 0 Å². The largest absolute Gasteiger partial charge is 0.478 e. The van der Waals surface area contributed by atoms with Gasteiger partial charge in [-0.2, -0.15) is 0 Å². The molecule has 0 bridgehead atoms. The highest BCUT2D eigenvalue weighted by Gasteiger charge is 2.09. The number of carboxylic acids is 1. The molecular weight excluding hydrogens is 246 g/mol. The highest BCUT2D eigenvalue weighted by Crippen LogP contribution is 2.14. The van der Waals surface area contributed by atoms with E-state index in [1.54, 1.807) is 19.1 Å². The second kappa shape index (κ2) is 7.20. The number of benzene rings is 1. The van der Waals surface area contributed by atoms with Crippen molar-refractivity contribution in [2.24, 2.45) is 0 Å². The zero-order valence-corrected chi connectivity index (χ0v) is 10.9. The van der Waals surface area contributed by atoms with E-state index in [4.69, 9.17) is 9.84 Å². The van der Waals surface area contributed by atoms with E-state index in [0.717, 1.165) is 17.2 Å². The van der Waals surface area contributed by atoms with Gasteiger partial charge < -0.3 is 15.2 Å². The van der Waals surface area contributed by atoms with Crippen molar-refractivity contribution in [1.82, 2.24) is 5.32 Å². The molecule has 0 aliphatic carbocycles. The molecule has 0 aliphatic rings. The first kappa shape index (κ1) is 14.8. The van der Waals surface area contributed by atoms with Crippen molar-refractivity contribution in [2.45, 2.75) is 19.9 Å². The van der Waals surface area contributed by atoms with Crippen LogP contribution in [0.15, 0.2) is 30.3 Å². The minimum atomic E-state index is -0.985. The van der Waals surface area contributed by atoms with Gasteiger partial charge in [-0.1, -0.05) is 24.3 Å². The topological polar surface area (TPSA) is 75.6 Å². The molecule has 19 heavy (non-hydrogen) atoms. The van der Waals surface area contributed by atoms with Crippen molar-refractivity contribution >= 4 is 18.1 Å². The average Bonchev–Trinajstić information content (AvgIpc) is 2.37. The summed E-state index contributed by atoms with van der Waals surface area (Å²) in [7, 11) is 0. The van der Waals surface area contributed by atoms with Gasteiger partial charge in [-0.25, -0.2) is 9.59 Å². The van der Waals surface area contributed by atoms with Gasteiger partial charge >= 0.3 is 12.1 Å². The molecule has 0 heterocycles. The molecule has 5 heteroatoms. The van der Waals surface area contributed by atoms with E-state index in [9.17, 15) is 9.59 Å². The molecule has 1 rings (SSSR count). The smallest absolute Gasteiger partial charge is 0.407 e. The molecule has 0 saturated carbocycles. The van der Waals surface area contributed by atoms with Crippen molar-refractivity contribution in [1.29, 1.82) is 0 Å². The lowest BCUT2D eigenvalue weighted by Gasteiger charge is -2.14. The Morgan fingerprint density at radius 3 is 2.53 bits per heavy atom. The van der Waals surface area contributed by atoms with Crippen molar-refractivity contribution in [2.75, 3.05) is 6.61 Å². The summed E-state index contributed by atoms with van der Waals surface area (Å²) in [5.74, 6) is -0.985. The summed E-state index contributed by atoms with van der Waals surface area (Å²) in [6, 6.07) is 7.07. The standard InChI is InChI=1S/C14H17NO4/c1-3-19-14(18)15-10(2)12-7-4-11(5-8-12)6-9-13(16)17/h4-10H,3H2,1-2H3,(H,15,18)(H,16,17). The molecule has 0 spiro atoms. The van der Waals surface area contributed by atoms with Crippen LogP contribution >= 0.6 is 0 Å². The fourth-order valence-corrected chi connectivity index (χ4v) is 1.50. The van der Waals surface area contributed by atoms with Crippen molar-refractivity contribution < 1.29 is 19.4 Å². The Morgan fingerprint density at radius 2 is 2.00 bits per heavy atom. The van der Waals surface area contributed by atoms with Crippen LogP contribution in [-0.4, -0.2) is 23.8 Å². The quantitative estimate of drug-likeness (QED) is 0.801. The van der Waals surface area contributed by atoms with Crippen LogP contribution in [0.1, 0.15) is 31.0 Å². The number of aliphatic carboxylic acids is 1. The maximum Gasteiger partial charge on any atom is 0.407 e. The molecular formula is C14H17NO4. The highest BCUT2D eigenvalue weighted by atomic mass is 16.5. The van der Waals surface area contributed by atoms with Crippen LogP contribution in [0.4, 0.5) is 4.79 Å². The lowest BCUT2D eigenvalue weighted by atomic mass is 10.1. The fourth-order valence-electron chi connectivity index (χ4n) is 1.50. The van der Waals surface area contributed by atoms with Crippen LogP contribution in [0.5, 0.6) is 0 Å². The van der Waals surface area contributed by atoms with Gasteiger partial charge in [0.15, 0.2) is 0 Å². The van der Waals surface area contributed by atoms with E-state index >= 15 is 0 Å². The van der Waals surface area contributed by atoms with Gasteiger partial charge in [-0.3, -0.25) is 0 Å². The molecule has 0 saturated heterocycles. The van der Waals surface area contributed by atoms with E-state index in [-0.39, 0.29) is 6.04 Å². The summed E-state index contributed by atoms with van der Waals surface area (Å²) < 4.78 is 4.80. The van der Waals surface area contributed by atoms with Gasteiger partial charge in [-0.15, -0.1) is 0 Å². The summed E-state index contributed by atoms with van der Waals surface area (Å²) in [6.45, 7) is 3.92. The third kappa shape index (κ3) is 5.25.